The summed E-state index contributed by atoms with van der Waals surface area (Å²) in [5, 5.41) is 3.93. The molecule has 2 N–H and O–H groups in total. The minimum absolute atomic E-state index is 0.0564. The molecule has 0 saturated carbocycles. The molecule has 0 atom stereocenters. The molecule has 1 aliphatic heterocycles. The van der Waals surface area contributed by atoms with Crippen LogP contribution in [0.25, 0.3) is 0 Å². The first-order valence-corrected chi connectivity index (χ1v) is 8.73. The van der Waals surface area contributed by atoms with Crippen LogP contribution in [-0.4, -0.2) is 23.8 Å². The summed E-state index contributed by atoms with van der Waals surface area (Å²) in [6.07, 6.45) is 3.87. The Labute approximate surface area is 148 Å². The van der Waals surface area contributed by atoms with Crippen molar-refractivity contribution < 1.29 is 9.23 Å². The second-order valence-electron chi connectivity index (χ2n) is 6.38. The van der Waals surface area contributed by atoms with E-state index in [1.54, 1.807) is 18.2 Å². The maximum Gasteiger partial charge on any atom is 0.170 e. The van der Waals surface area contributed by atoms with Crippen LogP contribution in [0.4, 0.5) is 4.39 Å². The normalized spacial score (nSPS) is 16.0. The minimum Gasteiger partial charge on any atom is -0.389 e. The fourth-order valence-corrected chi connectivity index (χ4v) is 3.04. The third-order valence-electron chi connectivity index (χ3n) is 4.42. The van der Waals surface area contributed by atoms with E-state index in [2.05, 4.69) is 16.1 Å². The van der Waals surface area contributed by atoms with Crippen LogP contribution >= 0.6 is 0 Å². The number of halogens is 1. The number of nitrogens with two attached hydrogens (primary N) is 1. The lowest BCUT2D eigenvalue weighted by Crippen LogP contribution is -2.29. The van der Waals surface area contributed by atoms with Gasteiger partial charge in [0, 0.05) is 17.7 Å². The van der Waals surface area contributed by atoms with Gasteiger partial charge in [-0.05, 0) is 43.6 Å². The first-order chi connectivity index (χ1) is 12.2. The second kappa shape index (κ2) is 8.62. The Bertz CT molecular complexity index is 726. The Morgan fingerprint density at radius 1 is 1.08 bits per heavy atom. The predicted molar refractivity (Wildman–Crippen MR) is 97.5 cm³/mol. The van der Waals surface area contributed by atoms with Crippen LogP contribution in [0.15, 0.2) is 53.7 Å². The van der Waals surface area contributed by atoms with Crippen LogP contribution in [0.3, 0.4) is 0 Å². The van der Waals surface area contributed by atoms with E-state index in [9.17, 15) is 4.39 Å². The van der Waals surface area contributed by atoms with Crippen LogP contribution in [-0.2, 0) is 18.0 Å². The van der Waals surface area contributed by atoms with Crippen molar-refractivity contribution in [3.63, 3.8) is 0 Å². The molecule has 25 heavy (non-hydrogen) atoms. The summed E-state index contributed by atoms with van der Waals surface area (Å²) in [5.41, 5.74) is 8.51. The first kappa shape index (κ1) is 17.4. The van der Waals surface area contributed by atoms with Gasteiger partial charge in [-0.15, -0.1) is 0 Å². The third-order valence-corrected chi connectivity index (χ3v) is 4.42. The van der Waals surface area contributed by atoms with Crippen molar-refractivity contribution >= 4 is 5.84 Å². The molecule has 1 heterocycles. The number of amidine groups is 1. The van der Waals surface area contributed by atoms with Crippen LogP contribution in [0, 0.1) is 5.82 Å². The number of likely N-dealkylation sites (tertiary alicyclic amines) is 1. The van der Waals surface area contributed by atoms with Gasteiger partial charge < -0.3 is 10.6 Å². The molecule has 1 aliphatic rings. The van der Waals surface area contributed by atoms with E-state index in [-0.39, 0.29) is 12.4 Å². The van der Waals surface area contributed by atoms with E-state index < -0.39 is 0 Å². The van der Waals surface area contributed by atoms with Crippen LogP contribution in [0.1, 0.15) is 36.0 Å². The third kappa shape index (κ3) is 5.03. The number of hydrogen-bond acceptors (Lipinski definition) is 3. The molecule has 0 aliphatic carbocycles. The standard InChI is InChI=1S/C20H24FN3O/c21-19-10-3-2-8-18(19)15-25-23-20(22)17-9-6-7-16(13-17)14-24-11-4-1-5-12-24/h2-3,6-10,13H,1,4-5,11-12,14-15H2,(H2,22,23). The van der Waals surface area contributed by atoms with Gasteiger partial charge in [0.1, 0.15) is 12.4 Å². The lowest BCUT2D eigenvalue weighted by atomic mass is 10.1. The topological polar surface area (TPSA) is 50.9 Å². The summed E-state index contributed by atoms with van der Waals surface area (Å²) in [6.45, 7) is 3.29. The van der Waals surface area contributed by atoms with Crippen LogP contribution in [0.5, 0.6) is 0 Å². The fraction of sp³-hybridized carbons (Fsp3) is 0.350. The van der Waals surface area contributed by atoms with Gasteiger partial charge in [-0.1, -0.05) is 48.0 Å². The van der Waals surface area contributed by atoms with Gasteiger partial charge in [-0.2, -0.15) is 0 Å². The molecular formula is C20H24FN3O. The molecule has 0 amide bonds. The Morgan fingerprint density at radius 3 is 2.68 bits per heavy atom. The molecule has 1 saturated heterocycles. The van der Waals surface area contributed by atoms with E-state index in [0.29, 0.717) is 11.4 Å². The Morgan fingerprint density at radius 2 is 1.88 bits per heavy atom. The maximum atomic E-state index is 13.5. The Hall–Kier alpha value is -2.40. The Balaban J connectivity index is 1.60. The summed E-state index contributed by atoms with van der Waals surface area (Å²) in [6, 6.07) is 14.5. The SMILES string of the molecule is N/C(=N\OCc1ccccc1F)c1cccc(CN2CCCCC2)c1. The molecule has 0 spiro atoms. The zero-order chi connectivity index (χ0) is 17.5. The molecule has 132 valence electrons. The highest BCUT2D eigenvalue weighted by atomic mass is 19.1. The van der Waals surface area contributed by atoms with Crippen LogP contribution in [0.2, 0.25) is 0 Å². The van der Waals surface area contributed by atoms with Crippen molar-refractivity contribution in [2.45, 2.75) is 32.4 Å². The highest BCUT2D eigenvalue weighted by Gasteiger charge is 2.11. The molecule has 2 aromatic carbocycles. The number of piperidine rings is 1. The van der Waals surface area contributed by atoms with Gasteiger partial charge in [0.05, 0.1) is 0 Å². The molecule has 0 bridgehead atoms. The summed E-state index contributed by atoms with van der Waals surface area (Å²) < 4.78 is 13.5. The lowest BCUT2D eigenvalue weighted by molar-refractivity contribution is 0.127. The highest BCUT2D eigenvalue weighted by Crippen LogP contribution is 2.14. The molecule has 0 aromatic heterocycles. The van der Waals surface area contributed by atoms with Crippen molar-refractivity contribution in [2.24, 2.45) is 10.9 Å². The largest absolute Gasteiger partial charge is 0.389 e. The quantitative estimate of drug-likeness (QED) is 0.496. The number of nitrogens with zero attached hydrogens (tertiary/aromatic N) is 2. The predicted octanol–water partition coefficient (Wildman–Crippen LogP) is 3.65. The van der Waals surface area contributed by atoms with Crippen molar-refractivity contribution in [1.82, 2.24) is 4.90 Å². The highest BCUT2D eigenvalue weighted by molar-refractivity contribution is 5.97. The molecule has 0 radical (unpaired) electrons. The fourth-order valence-electron chi connectivity index (χ4n) is 3.04. The molecule has 1 fully saturated rings. The number of hydrogen-bond donors (Lipinski definition) is 1. The monoisotopic (exact) mass is 341 g/mol. The average Bonchev–Trinajstić information content (AvgIpc) is 2.64. The number of benzene rings is 2. The summed E-state index contributed by atoms with van der Waals surface area (Å²) in [7, 11) is 0. The number of oxime groups is 1. The van der Waals surface area contributed by atoms with E-state index in [0.717, 1.165) is 25.2 Å². The van der Waals surface area contributed by atoms with Crippen molar-refractivity contribution in [3.8, 4) is 0 Å². The van der Waals surface area contributed by atoms with E-state index in [1.807, 2.05) is 18.2 Å². The average molecular weight is 341 g/mol. The maximum absolute atomic E-state index is 13.5. The van der Waals surface area contributed by atoms with E-state index in [1.165, 1.54) is 30.9 Å². The van der Waals surface area contributed by atoms with Gasteiger partial charge >= 0.3 is 0 Å². The zero-order valence-electron chi connectivity index (χ0n) is 14.3. The van der Waals surface area contributed by atoms with Gasteiger partial charge in [-0.25, -0.2) is 4.39 Å². The van der Waals surface area contributed by atoms with Crippen LogP contribution < -0.4 is 5.73 Å². The van der Waals surface area contributed by atoms with Crippen molar-refractivity contribution in [1.29, 1.82) is 0 Å². The van der Waals surface area contributed by atoms with E-state index in [4.69, 9.17) is 10.6 Å². The minimum atomic E-state index is -0.306. The molecular weight excluding hydrogens is 317 g/mol. The first-order valence-electron chi connectivity index (χ1n) is 8.73. The van der Waals surface area contributed by atoms with Crippen molar-refractivity contribution in [2.75, 3.05) is 13.1 Å². The van der Waals surface area contributed by atoms with Gasteiger partial charge in [-0.3, -0.25) is 4.90 Å². The second-order valence-corrected chi connectivity index (χ2v) is 6.38. The van der Waals surface area contributed by atoms with E-state index >= 15 is 0 Å². The van der Waals surface area contributed by atoms with Gasteiger partial charge in [0.25, 0.3) is 0 Å². The van der Waals surface area contributed by atoms with Crippen molar-refractivity contribution in [3.05, 3.63) is 71.0 Å². The summed E-state index contributed by atoms with van der Waals surface area (Å²) in [5.74, 6) is -0.00312. The Kier molecular flexibility index (Phi) is 6.01. The number of rotatable bonds is 6. The molecule has 2 aromatic rings. The summed E-state index contributed by atoms with van der Waals surface area (Å²) >= 11 is 0. The molecule has 4 nitrogen and oxygen atoms in total. The van der Waals surface area contributed by atoms with Gasteiger partial charge in [0.15, 0.2) is 5.84 Å². The lowest BCUT2D eigenvalue weighted by Gasteiger charge is -2.26. The molecule has 5 heteroatoms. The molecule has 3 rings (SSSR count). The zero-order valence-corrected chi connectivity index (χ0v) is 14.3. The molecule has 0 unspecified atom stereocenters. The smallest absolute Gasteiger partial charge is 0.170 e. The van der Waals surface area contributed by atoms with Gasteiger partial charge in [0.2, 0.25) is 0 Å². The summed E-state index contributed by atoms with van der Waals surface area (Å²) in [4.78, 5) is 7.68.